The van der Waals surface area contributed by atoms with Crippen LogP contribution in [0.15, 0.2) is 35.3 Å². The minimum Gasteiger partial charge on any atom is -0.383 e. The van der Waals surface area contributed by atoms with E-state index in [2.05, 4.69) is 40.6 Å². The summed E-state index contributed by atoms with van der Waals surface area (Å²) < 4.78 is 5.08. The lowest BCUT2D eigenvalue weighted by Crippen LogP contribution is -2.41. The van der Waals surface area contributed by atoms with Gasteiger partial charge in [0.25, 0.3) is 0 Å². The molecule has 0 amide bonds. The van der Waals surface area contributed by atoms with E-state index in [1.807, 2.05) is 6.92 Å². The van der Waals surface area contributed by atoms with Crippen molar-refractivity contribution in [2.24, 2.45) is 16.6 Å². The predicted octanol–water partition coefficient (Wildman–Crippen LogP) is 3.52. The Kier molecular flexibility index (Phi) is 9.55. The van der Waals surface area contributed by atoms with Crippen molar-refractivity contribution in [3.8, 4) is 0 Å². The lowest BCUT2D eigenvalue weighted by molar-refractivity contribution is 0.179. The maximum atomic E-state index is 5.92. The molecule has 1 unspecified atom stereocenters. The fourth-order valence-electron chi connectivity index (χ4n) is 3.22. The Balaban J connectivity index is 0.00000264. The van der Waals surface area contributed by atoms with Crippen LogP contribution in [-0.4, -0.2) is 32.3 Å². The average Bonchev–Trinajstić information content (AvgIpc) is 2.54. The van der Waals surface area contributed by atoms with Gasteiger partial charge in [-0.25, -0.2) is 0 Å². The first kappa shape index (κ1) is 20.2. The number of hydrogen-bond acceptors (Lipinski definition) is 2. The van der Waals surface area contributed by atoms with Gasteiger partial charge in [-0.2, -0.15) is 0 Å². The summed E-state index contributed by atoms with van der Waals surface area (Å²) in [5.41, 5.74) is 7.41. The fraction of sp³-hybridized carbons (Fsp3) is 0.611. The van der Waals surface area contributed by atoms with Crippen molar-refractivity contribution in [1.82, 2.24) is 5.32 Å². The highest BCUT2D eigenvalue weighted by atomic mass is 127. The van der Waals surface area contributed by atoms with E-state index in [-0.39, 0.29) is 30.0 Å². The first-order valence-corrected chi connectivity index (χ1v) is 8.29. The average molecular weight is 431 g/mol. The van der Waals surface area contributed by atoms with Gasteiger partial charge >= 0.3 is 0 Å². The minimum absolute atomic E-state index is 0. The molecule has 3 N–H and O–H groups in total. The van der Waals surface area contributed by atoms with Crippen LogP contribution in [0.2, 0.25) is 0 Å². The summed E-state index contributed by atoms with van der Waals surface area (Å²) >= 11 is 0. The van der Waals surface area contributed by atoms with Gasteiger partial charge in [-0.05, 0) is 50.0 Å². The third kappa shape index (κ3) is 7.08. The number of hydrogen-bond donors (Lipinski definition) is 2. The van der Waals surface area contributed by atoms with Crippen molar-refractivity contribution >= 4 is 29.9 Å². The molecule has 0 saturated heterocycles. The molecule has 0 aliphatic heterocycles. The number of methoxy groups -OCH3 is 1. The highest BCUT2D eigenvalue weighted by Crippen LogP contribution is 2.35. The molecule has 1 atom stereocenters. The number of nitrogens with two attached hydrogens (primary N) is 1. The van der Waals surface area contributed by atoms with Crippen LogP contribution >= 0.6 is 24.0 Å². The maximum Gasteiger partial charge on any atom is 0.188 e. The Bertz CT molecular complexity index is 459. The molecule has 1 aliphatic rings. The molecule has 1 aromatic carbocycles. The van der Waals surface area contributed by atoms with Gasteiger partial charge in [-0.1, -0.05) is 30.3 Å². The lowest BCUT2D eigenvalue weighted by Gasteiger charge is -2.28. The van der Waals surface area contributed by atoms with Gasteiger partial charge in [0.05, 0.1) is 6.61 Å². The Hall–Kier alpha value is -0.820. The molecule has 0 bridgehead atoms. The molecule has 5 heteroatoms. The van der Waals surface area contributed by atoms with Gasteiger partial charge in [0.2, 0.25) is 0 Å². The molecule has 0 aromatic heterocycles. The molecule has 0 heterocycles. The number of benzene rings is 1. The summed E-state index contributed by atoms with van der Waals surface area (Å²) in [5.74, 6) is 1.92. The zero-order chi connectivity index (χ0) is 15.8. The molecule has 0 spiro atoms. The molecule has 1 fully saturated rings. The fourth-order valence-corrected chi connectivity index (χ4v) is 3.22. The van der Waals surface area contributed by atoms with E-state index in [0.29, 0.717) is 18.5 Å². The number of nitrogens with zero attached hydrogens (tertiary/aromatic N) is 1. The number of ether oxygens (including phenoxy) is 1. The summed E-state index contributed by atoms with van der Waals surface area (Å²) in [6, 6.07) is 11.1. The van der Waals surface area contributed by atoms with Crippen molar-refractivity contribution < 1.29 is 4.74 Å². The number of aliphatic imine (C=N–C) groups is 1. The summed E-state index contributed by atoms with van der Waals surface area (Å²) in [6.45, 7) is 3.51. The van der Waals surface area contributed by atoms with Crippen LogP contribution in [0.1, 0.15) is 44.1 Å². The minimum atomic E-state index is 0. The van der Waals surface area contributed by atoms with Crippen LogP contribution in [0.3, 0.4) is 0 Å². The number of guanidine groups is 1. The highest BCUT2D eigenvalue weighted by Gasteiger charge is 2.22. The predicted molar refractivity (Wildman–Crippen MR) is 108 cm³/mol. The van der Waals surface area contributed by atoms with Crippen LogP contribution in [-0.2, 0) is 4.74 Å². The van der Waals surface area contributed by atoms with Crippen LogP contribution in [0, 0.1) is 5.92 Å². The van der Waals surface area contributed by atoms with Crippen molar-refractivity contribution in [1.29, 1.82) is 0 Å². The van der Waals surface area contributed by atoms with Gasteiger partial charge in [0.1, 0.15) is 0 Å². The molecule has 130 valence electrons. The van der Waals surface area contributed by atoms with Crippen LogP contribution in [0.5, 0.6) is 0 Å². The molecule has 1 aliphatic carbocycles. The van der Waals surface area contributed by atoms with E-state index in [4.69, 9.17) is 10.5 Å². The van der Waals surface area contributed by atoms with E-state index in [9.17, 15) is 0 Å². The van der Waals surface area contributed by atoms with Crippen LogP contribution < -0.4 is 11.1 Å². The first-order chi connectivity index (χ1) is 10.7. The summed E-state index contributed by atoms with van der Waals surface area (Å²) in [4.78, 5) is 4.50. The quantitative estimate of drug-likeness (QED) is 0.412. The van der Waals surface area contributed by atoms with Crippen molar-refractivity contribution in [2.45, 2.75) is 44.6 Å². The van der Waals surface area contributed by atoms with Gasteiger partial charge < -0.3 is 15.8 Å². The number of nitrogens with one attached hydrogen (secondary N) is 1. The van der Waals surface area contributed by atoms with Crippen LogP contribution in [0.4, 0.5) is 0 Å². The largest absolute Gasteiger partial charge is 0.383 e. The summed E-state index contributed by atoms with van der Waals surface area (Å²) in [7, 11) is 1.69. The van der Waals surface area contributed by atoms with Crippen molar-refractivity contribution in [2.75, 3.05) is 20.3 Å². The Labute approximate surface area is 157 Å². The van der Waals surface area contributed by atoms with E-state index < -0.39 is 0 Å². The lowest BCUT2D eigenvalue weighted by atomic mass is 9.79. The molecule has 4 nitrogen and oxygen atoms in total. The zero-order valence-electron chi connectivity index (χ0n) is 14.2. The third-order valence-corrected chi connectivity index (χ3v) is 4.45. The number of rotatable bonds is 6. The van der Waals surface area contributed by atoms with Crippen molar-refractivity contribution in [3.63, 3.8) is 0 Å². The molecular formula is C18H30IN3O. The van der Waals surface area contributed by atoms with Crippen LogP contribution in [0.25, 0.3) is 0 Å². The topological polar surface area (TPSA) is 59.6 Å². The summed E-state index contributed by atoms with van der Waals surface area (Å²) in [5, 5.41) is 3.16. The molecule has 0 radical (unpaired) electrons. The van der Waals surface area contributed by atoms with Gasteiger partial charge in [0.15, 0.2) is 5.96 Å². The zero-order valence-corrected chi connectivity index (χ0v) is 16.5. The molecule has 23 heavy (non-hydrogen) atoms. The number of halogens is 1. The van der Waals surface area contributed by atoms with E-state index >= 15 is 0 Å². The van der Waals surface area contributed by atoms with Gasteiger partial charge in [0, 0.05) is 19.7 Å². The summed E-state index contributed by atoms with van der Waals surface area (Å²) in [6.07, 6.45) is 5.00. The smallest absolute Gasteiger partial charge is 0.188 e. The van der Waals surface area contributed by atoms with Crippen molar-refractivity contribution in [3.05, 3.63) is 35.9 Å². The van der Waals surface area contributed by atoms with E-state index in [0.717, 1.165) is 12.5 Å². The van der Waals surface area contributed by atoms with E-state index in [1.54, 1.807) is 7.11 Å². The third-order valence-electron chi connectivity index (χ3n) is 4.45. The van der Waals surface area contributed by atoms with E-state index in [1.165, 1.54) is 31.2 Å². The SMILES string of the molecule is COCC(C)NC(N)=NCC1CCC(c2ccccc2)CC1.I. The molecular weight excluding hydrogens is 401 g/mol. The standard InChI is InChI=1S/C18H29N3O.HI/c1-14(13-22-2)21-18(19)20-12-15-8-10-17(11-9-15)16-6-4-3-5-7-16;/h3-7,14-15,17H,8-13H2,1-2H3,(H3,19,20,21);1H. The molecule has 1 aromatic rings. The first-order valence-electron chi connectivity index (χ1n) is 8.29. The van der Waals surface area contributed by atoms with Gasteiger partial charge in [-0.15, -0.1) is 24.0 Å². The van der Waals surface area contributed by atoms with Gasteiger partial charge in [-0.3, -0.25) is 4.99 Å². The maximum absolute atomic E-state index is 5.92. The second-order valence-electron chi connectivity index (χ2n) is 6.35. The molecule has 2 rings (SSSR count). The second kappa shape index (κ2) is 10.9. The Morgan fingerprint density at radius 2 is 1.91 bits per heavy atom. The second-order valence-corrected chi connectivity index (χ2v) is 6.35. The normalized spacial score (nSPS) is 23.0. The molecule has 1 saturated carbocycles. The Morgan fingerprint density at radius 3 is 2.52 bits per heavy atom. The highest BCUT2D eigenvalue weighted by molar-refractivity contribution is 14.0. The Morgan fingerprint density at radius 1 is 1.26 bits per heavy atom. The monoisotopic (exact) mass is 431 g/mol.